The third kappa shape index (κ3) is 5.51. The number of ether oxygens (including phenoxy) is 2. The SMILES string of the molecule is COc1ccccc1NC(=O)C(=O)N/N=C/c1c(OC(=O)c2ccccc2)ccc2ccccc12. The van der Waals surface area contributed by atoms with E-state index in [0.29, 0.717) is 22.6 Å². The summed E-state index contributed by atoms with van der Waals surface area (Å²) in [6, 6.07) is 26.2. The first-order valence-corrected chi connectivity index (χ1v) is 10.6. The molecule has 174 valence electrons. The molecule has 0 aliphatic rings. The van der Waals surface area contributed by atoms with Gasteiger partial charge in [0.1, 0.15) is 11.5 Å². The number of hydrogen-bond donors (Lipinski definition) is 2. The van der Waals surface area contributed by atoms with Gasteiger partial charge in [-0.15, -0.1) is 0 Å². The number of para-hydroxylation sites is 2. The Labute approximate surface area is 201 Å². The van der Waals surface area contributed by atoms with E-state index in [1.165, 1.54) is 13.3 Å². The van der Waals surface area contributed by atoms with Gasteiger partial charge in [0.15, 0.2) is 0 Å². The minimum atomic E-state index is -0.977. The number of fused-ring (bicyclic) bond motifs is 1. The fourth-order valence-electron chi connectivity index (χ4n) is 3.36. The van der Waals surface area contributed by atoms with Gasteiger partial charge in [-0.1, -0.05) is 60.7 Å². The normalized spacial score (nSPS) is 10.7. The van der Waals surface area contributed by atoms with Gasteiger partial charge in [-0.05, 0) is 41.1 Å². The highest BCUT2D eigenvalue weighted by Crippen LogP contribution is 2.27. The molecule has 0 saturated carbocycles. The highest BCUT2D eigenvalue weighted by atomic mass is 16.5. The summed E-state index contributed by atoms with van der Waals surface area (Å²) in [5, 5.41) is 8.04. The Kier molecular flexibility index (Phi) is 7.13. The van der Waals surface area contributed by atoms with Crippen molar-refractivity contribution in [2.45, 2.75) is 0 Å². The van der Waals surface area contributed by atoms with Gasteiger partial charge in [-0.25, -0.2) is 10.2 Å². The van der Waals surface area contributed by atoms with Gasteiger partial charge in [0, 0.05) is 5.56 Å². The van der Waals surface area contributed by atoms with Crippen LogP contribution in [0.15, 0.2) is 96.1 Å². The van der Waals surface area contributed by atoms with E-state index in [4.69, 9.17) is 9.47 Å². The summed E-state index contributed by atoms with van der Waals surface area (Å²) in [6.07, 6.45) is 1.34. The zero-order valence-corrected chi connectivity index (χ0v) is 18.7. The van der Waals surface area contributed by atoms with Gasteiger partial charge in [0.2, 0.25) is 0 Å². The molecule has 0 aromatic heterocycles. The van der Waals surface area contributed by atoms with Gasteiger partial charge >= 0.3 is 17.8 Å². The summed E-state index contributed by atoms with van der Waals surface area (Å²) >= 11 is 0. The number of carbonyl (C=O) groups is 3. The first kappa shape index (κ1) is 23.2. The van der Waals surface area contributed by atoms with Crippen LogP contribution in [0.5, 0.6) is 11.5 Å². The van der Waals surface area contributed by atoms with Crippen molar-refractivity contribution in [3.8, 4) is 11.5 Å². The molecule has 0 unspecified atom stereocenters. The lowest BCUT2D eigenvalue weighted by atomic mass is 10.0. The molecule has 2 N–H and O–H groups in total. The number of rotatable bonds is 6. The van der Waals surface area contributed by atoms with E-state index in [0.717, 1.165) is 10.8 Å². The molecule has 8 nitrogen and oxygen atoms in total. The van der Waals surface area contributed by atoms with Crippen molar-refractivity contribution in [3.05, 3.63) is 102 Å². The van der Waals surface area contributed by atoms with Crippen LogP contribution >= 0.6 is 0 Å². The summed E-state index contributed by atoms with van der Waals surface area (Å²) in [6.45, 7) is 0. The number of benzene rings is 4. The Morgan fingerprint density at radius 3 is 2.29 bits per heavy atom. The van der Waals surface area contributed by atoms with Gasteiger partial charge < -0.3 is 14.8 Å². The number of esters is 1. The summed E-state index contributed by atoms with van der Waals surface area (Å²) in [5.74, 6) is -1.75. The molecule has 0 radical (unpaired) electrons. The van der Waals surface area contributed by atoms with E-state index in [1.807, 2.05) is 30.3 Å². The van der Waals surface area contributed by atoms with Crippen molar-refractivity contribution in [1.82, 2.24) is 5.43 Å². The number of methoxy groups -OCH3 is 1. The highest BCUT2D eigenvalue weighted by Gasteiger charge is 2.16. The van der Waals surface area contributed by atoms with Gasteiger partial charge in [0.25, 0.3) is 0 Å². The largest absolute Gasteiger partial charge is 0.495 e. The number of hydrazone groups is 1. The fraction of sp³-hybridized carbons (Fsp3) is 0.0370. The van der Waals surface area contributed by atoms with Crippen LogP contribution in [0.3, 0.4) is 0 Å². The molecule has 0 heterocycles. The number of nitrogens with one attached hydrogen (secondary N) is 2. The van der Waals surface area contributed by atoms with Crippen LogP contribution in [0, 0.1) is 0 Å². The Hall–Kier alpha value is -4.98. The Morgan fingerprint density at radius 1 is 0.771 bits per heavy atom. The van der Waals surface area contributed by atoms with Gasteiger partial charge in [-0.2, -0.15) is 5.10 Å². The Balaban J connectivity index is 1.54. The zero-order valence-electron chi connectivity index (χ0n) is 18.7. The third-order valence-corrected chi connectivity index (χ3v) is 5.06. The predicted molar refractivity (Wildman–Crippen MR) is 133 cm³/mol. The molecule has 0 bridgehead atoms. The second-order valence-corrected chi connectivity index (χ2v) is 7.31. The summed E-state index contributed by atoms with van der Waals surface area (Å²) in [4.78, 5) is 37.2. The summed E-state index contributed by atoms with van der Waals surface area (Å²) < 4.78 is 10.8. The lowest BCUT2D eigenvalue weighted by Gasteiger charge is -2.11. The predicted octanol–water partition coefficient (Wildman–Crippen LogP) is 4.16. The quantitative estimate of drug-likeness (QED) is 0.146. The standard InChI is InChI=1S/C27H21N3O5/c1-34-24-14-8-7-13-22(24)29-25(31)26(32)30-28-17-21-20-12-6-5-9-18(20)15-16-23(21)35-27(33)19-10-3-2-4-11-19/h2-17H,1H3,(H,29,31)(H,30,32)/b28-17+. The van der Waals surface area contributed by atoms with Crippen LogP contribution < -0.4 is 20.2 Å². The maximum absolute atomic E-state index is 12.6. The monoisotopic (exact) mass is 467 g/mol. The minimum absolute atomic E-state index is 0.258. The van der Waals surface area contributed by atoms with Crippen molar-refractivity contribution < 1.29 is 23.9 Å². The van der Waals surface area contributed by atoms with Crippen LogP contribution in [-0.2, 0) is 9.59 Å². The number of amides is 2. The molecular formula is C27H21N3O5. The van der Waals surface area contributed by atoms with Crippen LogP contribution in [0.25, 0.3) is 10.8 Å². The maximum Gasteiger partial charge on any atom is 0.343 e. The second kappa shape index (κ2) is 10.8. The third-order valence-electron chi connectivity index (χ3n) is 5.06. The van der Waals surface area contributed by atoms with Crippen LogP contribution in [0.2, 0.25) is 0 Å². The molecule has 4 aromatic rings. The van der Waals surface area contributed by atoms with E-state index in [2.05, 4.69) is 15.8 Å². The van der Waals surface area contributed by atoms with E-state index in [1.54, 1.807) is 60.7 Å². The van der Waals surface area contributed by atoms with Crippen molar-refractivity contribution in [2.75, 3.05) is 12.4 Å². The molecule has 0 spiro atoms. The molecule has 0 saturated heterocycles. The summed E-state index contributed by atoms with van der Waals surface area (Å²) in [5.41, 5.74) is 3.42. The molecule has 0 atom stereocenters. The molecule has 2 amide bonds. The average molecular weight is 467 g/mol. The van der Waals surface area contributed by atoms with Crippen molar-refractivity contribution in [2.24, 2.45) is 5.10 Å². The van der Waals surface area contributed by atoms with Crippen molar-refractivity contribution in [1.29, 1.82) is 0 Å². The van der Waals surface area contributed by atoms with Crippen LogP contribution in [0.1, 0.15) is 15.9 Å². The number of carbonyl (C=O) groups excluding carboxylic acids is 3. The second-order valence-electron chi connectivity index (χ2n) is 7.31. The first-order chi connectivity index (χ1) is 17.1. The number of anilines is 1. The van der Waals surface area contributed by atoms with Crippen LogP contribution in [0.4, 0.5) is 5.69 Å². The first-order valence-electron chi connectivity index (χ1n) is 10.6. The molecule has 4 rings (SSSR count). The van der Waals surface area contributed by atoms with Gasteiger partial charge in [-0.3, -0.25) is 9.59 Å². The van der Waals surface area contributed by atoms with Gasteiger partial charge in [0.05, 0.1) is 24.6 Å². The molecule has 0 aliphatic heterocycles. The van der Waals surface area contributed by atoms with E-state index < -0.39 is 17.8 Å². The molecule has 0 fully saturated rings. The lowest BCUT2D eigenvalue weighted by molar-refractivity contribution is -0.136. The van der Waals surface area contributed by atoms with E-state index in [-0.39, 0.29) is 5.75 Å². The fourth-order valence-corrected chi connectivity index (χ4v) is 3.36. The molecule has 8 heteroatoms. The number of hydrogen-bond acceptors (Lipinski definition) is 6. The molecule has 4 aromatic carbocycles. The lowest BCUT2D eigenvalue weighted by Crippen LogP contribution is -2.32. The molecule has 0 aliphatic carbocycles. The smallest absolute Gasteiger partial charge is 0.343 e. The van der Waals surface area contributed by atoms with E-state index in [9.17, 15) is 14.4 Å². The van der Waals surface area contributed by atoms with Crippen molar-refractivity contribution >= 4 is 40.5 Å². The van der Waals surface area contributed by atoms with Crippen molar-refractivity contribution in [3.63, 3.8) is 0 Å². The average Bonchev–Trinajstić information content (AvgIpc) is 2.90. The maximum atomic E-state index is 12.6. The van der Waals surface area contributed by atoms with Crippen LogP contribution in [-0.4, -0.2) is 31.1 Å². The zero-order chi connectivity index (χ0) is 24.6. The highest BCUT2D eigenvalue weighted by molar-refractivity contribution is 6.39. The Morgan fingerprint density at radius 2 is 1.49 bits per heavy atom. The Bertz CT molecular complexity index is 1420. The van der Waals surface area contributed by atoms with E-state index >= 15 is 0 Å². The minimum Gasteiger partial charge on any atom is -0.495 e. The topological polar surface area (TPSA) is 106 Å². The number of nitrogens with zero attached hydrogens (tertiary/aromatic N) is 1. The molecular weight excluding hydrogens is 446 g/mol. The molecule has 35 heavy (non-hydrogen) atoms. The summed E-state index contributed by atoms with van der Waals surface area (Å²) in [7, 11) is 1.46.